The molecule has 1 rings (SSSR count). The summed E-state index contributed by atoms with van der Waals surface area (Å²) >= 11 is 0. The molecule has 38 heavy (non-hydrogen) atoms. The minimum absolute atomic E-state index is 0.0406. The number of hydrogen-bond donors (Lipinski definition) is 9. The number of aliphatic carboxylic acids is 2. The molecule has 15 nitrogen and oxygen atoms in total. The Bertz CT molecular complexity index is 1020. The molecule has 1 heterocycles. The Hall–Kier alpha value is -3.98. The number of primary amides is 1. The van der Waals surface area contributed by atoms with Gasteiger partial charge in [0.05, 0.1) is 18.6 Å². The quantitative estimate of drug-likeness (QED) is 0.109. The van der Waals surface area contributed by atoms with Crippen LogP contribution in [0.3, 0.4) is 0 Å². The van der Waals surface area contributed by atoms with Crippen LogP contribution in [-0.2, 0) is 30.4 Å². The summed E-state index contributed by atoms with van der Waals surface area (Å²) in [5, 5.41) is 35.5. The van der Waals surface area contributed by atoms with E-state index in [1.54, 1.807) is 6.92 Å². The third kappa shape index (κ3) is 9.82. The lowest BCUT2D eigenvalue weighted by Gasteiger charge is -2.26. The predicted molar refractivity (Wildman–Crippen MR) is 132 cm³/mol. The van der Waals surface area contributed by atoms with Gasteiger partial charge in [-0.15, -0.1) is 0 Å². The number of aromatic amines is 1. The van der Waals surface area contributed by atoms with E-state index in [-0.39, 0.29) is 24.5 Å². The van der Waals surface area contributed by atoms with Crippen LogP contribution in [-0.4, -0.2) is 86.1 Å². The zero-order valence-electron chi connectivity index (χ0n) is 21.4. The van der Waals surface area contributed by atoms with Gasteiger partial charge in [0.25, 0.3) is 5.91 Å². The minimum atomic E-state index is -1.53. The van der Waals surface area contributed by atoms with Crippen LogP contribution in [0.25, 0.3) is 0 Å². The molecule has 0 saturated carbocycles. The molecule has 6 atom stereocenters. The number of nitrogens with two attached hydrogens (primary N) is 2. The molecule has 6 unspecified atom stereocenters. The van der Waals surface area contributed by atoms with E-state index < -0.39 is 72.3 Å². The molecule has 0 saturated heterocycles. The van der Waals surface area contributed by atoms with Gasteiger partial charge in [0, 0.05) is 5.69 Å². The van der Waals surface area contributed by atoms with Crippen LogP contribution in [0.2, 0.25) is 0 Å². The van der Waals surface area contributed by atoms with Crippen molar-refractivity contribution in [2.75, 3.05) is 0 Å². The van der Waals surface area contributed by atoms with Gasteiger partial charge in [-0.1, -0.05) is 20.3 Å². The van der Waals surface area contributed by atoms with Crippen molar-refractivity contribution < 1.29 is 44.1 Å². The lowest BCUT2D eigenvalue weighted by atomic mass is 9.98. The molecule has 0 fully saturated rings. The molecule has 0 bridgehead atoms. The first kappa shape index (κ1) is 32.0. The third-order valence-corrected chi connectivity index (χ3v) is 5.94. The zero-order valence-corrected chi connectivity index (χ0v) is 21.4. The van der Waals surface area contributed by atoms with Crippen LogP contribution < -0.4 is 27.4 Å². The molecule has 0 aliphatic heterocycles. The summed E-state index contributed by atoms with van der Waals surface area (Å²) in [6.07, 6.45) is -1.41. The summed E-state index contributed by atoms with van der Waals surface area (Å²) in [5.74, 6) is -6.32. The van der Waals surface area contributed by atoms with Gasteiger partial charge < -0.3 is 47.7 Å². The molecule has 0 aromatic carbocycles. The van der Waals surface area contributed by atoms with E-state index in [0.717, 1.165) is 0 Å². The fourth-order valence-corrected chi connectivity index (χ4v) is 3.34. The van der Waals surface area contributed by atoms with E-state index in [9.17, 15) is 39.0 Å². The lowest BCUT2D eigenvalue weighted by molar-refractivity contribution is -0.143. The van der Waals surface area contributed by atoms with Gasteiger partial charge in [0.2, 0.25) is 17.7 Å². The first-order valence-corrected chi connectivity index (χ1v) is 11.9. The van der Waals surface area contributed by atoms with Crippen LogP contribution in [0.4, 0.5) is 0 Å². The summed E-state index contributed by atoms with van der Waals surface area (Å²) < 4.78 is 0. The first-order chi connectivity index (χ1) is 17.7. The molecule has 15 heteroatoms. The molecule has 0 aliphatic rings. The number of aliphatic hydroxyl groups excluding tert-OH is 1. The summed E-state index contributed by atoms with van der Waals surface area (Å²) in [5.41, 5.74) is 11.2. The van der Waals surface area contributed by atoms with Gasteiger partial charge >= 0.3 is 11.9 Å². The SMILES string of the molecule is CCC(C)C(N)C(=O)NC(C(=O)NC(CCc1ccc(C(=O)NC(CC(N)=O)C(=O)O)[nH]1)C(=O)O)C(C)O. The first-order valence-electron chi connectivity index (χ1n) is 11.9. The molecular formula is C23H36N6O9. The Morgan fingerprint density at radius 2 is 1.55 bits per heavy atom. The lowest BCUT2D eigenvalue weighted by Crippen LogP contribution is -2.58. The molecule has 1 aromatic rings. The highest BCUT2D eigenvalue weighted by molar-refractivity contribution is 5.96. The van der Waals surface area contributed by atoms with Crippen LogP contribution in [0, 0.1) is 5.92 Å². The summed E-state index contributed by atoms with van der Waals surface area (Å²) in [7, 11) is 0. The average molecular weight is 541 g/mol. The Morgan fingerprint density at radius 3 is 2.05 bits per heavy atom. The summed E-state index contributed by atoms with van der Waals surface area (Å²) in [6, 6.07) is -2.50. The molecule has 4 amide bonds. The second kappa shape index (κ2) is 14.7. The van der Waals surface area contributed by atoms with Crippen molar-refractivity contribution >= 4 is 35.6 Å². The highest BCUT2D eigenvalue weighted by atomic mass is 16.4. The zero-order chi connectivity index (χ0) is 29.2. The van der Waals surface area contributed by atoms with Crippen LogP contribution in [0.15, 0.2) is 12.1 Å². The maximum absolute atomic E-state index is 12.7. The van der Waals surface area contributed by atoms with Crippen molar-refractivity contribution in [3.8, 4) is 0 Å². The average Bonchev–Trinajstić information content (AvgIpc) is 3.31. The second-order valence-electron chi connectivity index (χ2n) is 9.01. The van der Waals surface area contributed by atoms with Crippen molar-refractivity contribution in [2.45, 2.75) is 76.7 Å². The summed E-state index contributed by atoms with van der Waals surface area (Å²) in [4.78, 5) is 74.0. The molecule has 0 spiro atoms. The van der Waals surface area contributed by atoms with Gasteiger partial charge in [-0.25, -0.2) is 9.59 Å². The maximum atomic E-state index is 12.7. The molecule has 11 N–H and O–H groups in total. The van der Waals surface area contributed by atoms with Gasteiger partial charge in [0.1, 0.15) is 23.8 Å². The highest BCUT2D eigenvalue weighted by Gasteiger charge is 2.32. The molecule has 1 aromatic heterocycles. The standard InChI is InChI=1S/C23H36N6O9/c1-4-10(2)17(25)20(33)29-18(11(3)30)21(34)27-14(22(35)36)8-6-12-5-7-13(26-12)19(32)28-15(23(37)38)9-16(24)31/h5,7,10-11,14-15,17-18,26,30H,4,6,8-9,25H2,1-3H3,(H2,24,31)(H,27,34)(H,28,32)(H,29,33)(H,35,36)(H,37,38). The predicted octanol–water partition coefficient (Wildman–Crippen LogP) is -2.19. The van der Waals surface area contributed by atoms with E-state index in [1.165, 1.54) is 19.1 Å². The van der Waals surface area contributed by atoms with E-state index in [2.05, 4.69) is 20.9 Å². The van der Waals surface area contributed by atoms with Crippen LogP contribution in [0.1, 0.15) is 56.2 Å². The topological polar surface area (TPSA) is 267 Å². The van der Waals surface area contributed by atoms with Crippen molar-refractivity contribution in [3.05, 3.63) is 23.5 Å². The van der Waals surface area contributed by atoms with Gasteiger partial charge in [-0.05, 0) is 37.8 Å². The number of aromatic nitrogens is 1. The molecule has 0 radical (unpaired) electrons. The van der Waals surface area contributed by atoms with Crippen molar-refractivity contribution in [2.24, 2.45) is 17.4 Å². The Labute approximate surface area is 218 Å². The normalized spacial score (nSPS) is 15.7. The van der Waals surface area contributed by atoms with Crippen molar-refractivity contribution in [1.82, 2.24) is 20.9 Å². The number of carbonyl (C=O) groups excluding carboxylic acids is 4. The van der Waals surface area contributed by atoms with Crippen LogP contribution >= 0.6 is 0 Å². The number of nitrogens with one attached hydrogen (secondary N) is 4. The number of aryl methyl sites for hydroxylation is 1. The minimum Gasteiger partial charge on any atom is -0.480 e. The fourth-order valence-electron chi connectivity index (χ4n) is 3.34. The largest absolute Gasteiger partial charge is 0.480 e. The van der Waals surface area contributed by atoms with E-state index in [4.69, 9.17) is 16.6 Å². The van der Waals surface area contributed by atoms with Crippen molar-refractivity contribution in [3.63, 3.8) is 0 Å². The number of aliphatic hydroxyl groups is 1. The van der Waals surface area contributed by atoms with Gasteiger partial charge in [-0.2, -0.15) is 0 Å². The number of H-pyrrole nitrogens is 1. The molecule has 212 valence electrons. The Balaban J connectivity index is 2.83. The highest BCUT2D eigenvalue weighted by Crippen LogP contribution is 2.10. The second-order valence-corrected chi connectivity index (χ2v) is 9.01. The maximum Gasteiger partial charge on any atom is 0.326 e. The Morgan fingerprint density at radius 1 is 0.947 bits per heavy atom. The number of amides is 4. The third-order valence-electron chi connectivity index (χ3n) is 5.94. The number of carboxylic acid groups (broad SMARTS) is 2. The Kier molecular flexibility index (Phi) is 12.4. The van der Waals surface area contributed by atoms with E-state index >= 15 is 0 Å². The molecule has 0 aliphatic carbocycles. The number of rotatable bonds is 16. The molecular weight excluding hydrogens is 504 g/mol. The van der Waals surface area contributed by atoms with Crippen molar-refractivity contribution in [1.29, 1.82) is 0 Å². The smallest absolute Gasteiger partial charge is 0.326 e. The van der Waals surface area contributed by atoms with E-state index in [0.29, 0.717) is 12.1 Å². The summed E-state index contributed by atoms with van der Waals surface area (Å²) in [6.45, 7) is 4.85. The number of carboxylic acids is 2. The van der Waals surface area contributed by atoms with Gasteiger partial charge in [-0.3, -0.25) is 19.2 Å². The van der Waals surface area contributed by atoms with E-state index in [1.807, 2.05) is 6.92 Å². The number of carbonyl (C=O) groups is 6. The van der Waals surface area contributed by atoms with Crippen LogP contribution in [0.5, 0.6) is 0 Å². The number of hydrogen-bond acceptors (Lipinski definition) is 8. The monoisotopic (exact) mass is 540 g/mol. The van der Waals surface area contributed by atoms with Gasteiger partial charge in [0.15, 0.2) is 0 Å². The fraction of sp³-hybridized carbons (Fsp3) is 0.565.